The van der Waals surface area contributed by atoms with Gasteiger partial charge in [-0.25, -0.2) is 19.4 Å². The van der Waals surface area contributed by atoms with Gasteiger partial charge >= 0.3 is 121 Å². The number of hydrogen-bond donors (Lipinski definition) is 4. The van der Waals surface area contributed by atoms with Crippen molar-refractivity contribution in [1.29, 1.82) is 0 Å². The van der Waals surface area contributed by atoms with Crippen LogP contribution in [0, 0.1) is 0 Å². The summed E-state index contributed by atoms with van der Waals surface area (Å²) < 4.78 is 0. The second kappa shape index (κ2) is 8.64. The van der Waals surface area contributed by atoms with Gasteiger partial charge in [-0.2, -0.15) is 0 Å². The van der Waals surface area contributed by atoms with Gasteiger partial charge in [0.05, 0.1) is 16.8 Å². The molecular weight excluding hydrogens is 402 g/mol. The number of aromatic carboxylic acids is 3. The van der Waals surface area contributed by atoms with E-state index in [0.717, 1.165) is 12.1 Å². The van der Waals surface area contributed by atoms with E-state index in [9.17, 15) is 29.1 Å². The minimum Gasteiger partial charge on any atom is -1.00 e. The average Bonchev–Trinajstić information content (AvgIpc) is 2.96. The molecule has 0 saturated heterocycles. The number of Topliss-reactive ketones (excluding diaryl/α,β-unsaturated/α-hetero) is 2. The molecule has 1 aliphatic carbocycles. The van der Waals surface area contributed by atoms with E-state index in [-0.39, 0.29) is 122 Å². The fourth-order valence-corrected chi connectivity index (χ4v) is 2.42. The molecule has 2 heterocycles. The van der Waals surface area contributed by atoms with Gasteiger partial charge in [0.15, 0.2) is 0 Å². The first kappa shape index (κ1) is 23.5. The van der Waals surface area contributed by atoms with Crippen molar-refractivity contribution in [3.63, 3.8) is 0 Å². The number of pyridine rings is 1. The molecule has 0 aromatic carbocycles. The molecule has 0 aliphatic heterocycles. The van der Waals surface area contributed by atoms with Crippen LogP contribution in [0.1, 0.15) is 55.0 Å². The Hall–Kier alpha value is -0.547. The largest absolute Gasteiger partial charge is 1.00 e. The van der Waals surface area contributed by atoms with Gasteiger partial charge < -0.3 is 23.2 Å². The summed E-state index contributed by atoms with van der Waals surface area (Å²) in [6, 6.07) is 1.65. The van der Waals surface area contributed by atoms with Crippen molar-refractivity contribution >= 4 is 29.5 Å². The summed E-state index contributed by atoms with van der Waals surface area (Å²) in [6.07, 6.45) is 0. The molecule has 2 aromatic rings. The predicted molar refractivity (Wildman–Crippen MR) is 75.8 cm³/mol. The van der Waals surface area contributed by atoms with Gasteiger partial charge in [0, 0.05) is 5.56 Å². The SMILES string of the molecule is O=C(O)c1cc(C(=O)O)c2c(n1)C(=O)C(=O)c1cc(C(=O)O)[nH]c1-2.[H-].[H-].[K+].[K+]. The van der Waals surface area contributed by atoms with Crippen molar-refractivity contribution < 1.29 is 145 Å². The monoisotopic (exact) mass is 410 g/mol. The minimum absolute atomic E-state index is 0. The second-order valence-corrected chi connectivity index (χ2v) is 4.82. The molecule has 0 unspecified atom stereocenters. The van der Waals surface area contributed by atoms with Crippen LogP contribution < -0.4 is 103 Å². The van der Waals surface area contributed by atoms with Crippen LogP contribution >= 0.6 is 0 Å². The van der Waals surface area contributed by atoms with E-state index in [4.69, 9.17) is 10.2 Å². The molecule has 0 spiro atoms. The van der Waals surface area contributed by atoms with Crippen LogP contribution in [0.5, 0.6) is 0 Å². The third-order valence-corrected chi connectivity index (χ3v) is 3.43. The van der Waals surface area contributed by atoms with Gasteiger partial charge in [0.2, 0.25) is 5.78 Å². The minimum atomic E-state index is -1.58. The van der Waals surface area contributed by atoms with Crippen LogP contribution in [0.2, 0.25) is 0 Å². The van der Waals surface area contributed by atoms with Crippen LogP contribution in [0.25, 0.3) is 11.3 Å². The summed E-state index contributed by atoms with van der Waals surface area (Å²) >= 11 is 0. The Morgan fingerprint density at radius 2 is 1.54 bits per heavy atom. The van der Waals surface area contributed by atoms with Gasteiger partial charge in [0.1, 0.15) is 17.1 Å². The van der Waals surface area contributed by atoms with Gasteiger partial charge in [-0.05, 0) is 12.1 Å². The molecule has 12 heteroatoms. The number of aromatic amines is 1. The fourth-order valence-electron chi connectivity index (χ4n) is 2.42. The Morgan fingerprint density at radius 1 is 0.923 bits per heavy atom. The Labute approximate surface area is 232 Å². The number of H-pyrrole nitrogens is 1. The Balaban J connectivity index is 0. The zero-order chi connectivity index (χ0) is 17.8. The molecule has 0 saturated carbocycles. The number of nitrogens with zero attached hydrogens (tertiary/aromatic N) is 1. The van der Waals surface area contributed by atoms with E-state index < -0.39 is 52.1 Å². The Morgan fingerprint density at radius 3 is 2.04 bits per heavy atom. The molecule has 3 rings (SSSR count). The number of carboxylic acid groups (broad SMARTS) is 3. The first-order chi connectivity index (χ1) is 11.2. The normalized spacial score (nSPS) is 11.5. The maximum Gasteiger partial charge on any atom is 1.00 e. The summed E-state index contributed by atoms with van der Waals surface area (Å²) in [5, 5.41) is 27.3. The predicted octanol–water partition coefficient (Wildman–Crippen LogP) is -5.22. The summed E-state index contributed by atoms with van der Waals surface area (Å²) in [5.41, 5.74) is -3.21. The summed E-state index contributed by atoms with van der Waals surface area (Å²) in [6.45, 7) is 0. The van der Waals surface area contributed by atoms with E-state index in [1.54, 1.807) is 0 Å². The molecule has 2 aromatic heterocycles. The van der Waals surface area contributed by atoms with Crippen molar-refractivity contribution in [3.8, 4) is 11.3 Å². The van der Waals surface area contributed by atoms with Crippen molar-refractivity contribution in [2.75, 3.05) is 0 Å². The number of carbonyl (C=O) groups excluding carboxylic acids is 2. The molecule has 0 fully saturated rings. The topological polar surface area (TPSA) is 175 Å². The quantitative estimate of drug-likeness (QED) is 0.285. The molecule has 4 N–H and O–H groups in total. The van der Waals surface area contributed by atoms with Crippen molar-refractivity contribution in [2.45, 2.75) is 0 Å². The number of rotatable bonds is 3. The maximum atomic E-state index is 12.1. The van der Waals surface area contributed by atoms with E-state index in [2.05, 4.69) is 9.97 Å². The fraction of sp³-hybridized carbons (Fsp3) is 0. The first-order valence-electron chi connectivity index (χ1n) is 6.29. The van der Waals surface area contributed by atoms with Crippen LogP contribution in [-0.4, -0.2) is 54.8 Å². The van der Waals surface area contributed by atoms with E-state index in [1.165, 1.54) is 0 Å². The molecule has 10 nitrogen and oxygen atoms in total. The van der Waals surface area contributed by atoms with Gasteiger partial charge in [0.25, 0.3) is 5.78 Å². The van der Waals surface area contributed by atoms with Crippen molar-refractivity contribution in [3.05, 3.63) is 40.3 Å². The summed E-state index contributed by atoms with van der Waals surface area (Å²) in [5.74, 6) is -6.87. The number of hydrogen-bond acceptors (Lipinski definition) is 6. The van der Waals surface area contributed by atoms with Gasteiger partial charge in [-0.3, -0.25) is 9.59 Å². The molecular formula is C14H8K2N2O8. The average molecular weight is 410 g/mol. The van der Waals surface area contributed by atoms with Crippen LogP contribution in [0.3, 0.4) is 0 Å². The van der Waals surface area contributed by atoms with E-state index in [1.807, 2.05) is 0 Å². The zero-order valence-corrected chi connectivity index (χ0v) is 19.7. The standard InChI is InChI=1S/C14H6N2O8.2K.2H/c17-10-4-2-6(14(23)24)15-8(4)7-3(12(19)20)1-5(13(21)22)16-9(7)11(10)18;;;;/h1-2,15H,(H,19,20)(H,21,22)(H,23,24);;;;/q;2*+1;2*-1. The van der Waals surface area contributed by atoms with Crippen LogP contribution in [0.15, 0.2) is 12.1 Å². The molecule has 0 radical (unpaired) electrons. The van der Waals surface area contributed by atoms with Gasteiger partial charge in [-0.15, -0.1) is 0 Å². The second-order valence-electron chi connectivity index (χ2n) is 4.82. The van der Waals surface area contributed by atoms with Crippen LogP contribution in [-0.2, 0) is 0 Å². The van der Waals surface area contributed by atoms with E-state index >= 15 is 0 Å². The third kappa shape index (κ3) is 3.84. The summed E-state index contributed by atoms with van der Waals surface area (Å²) in [7, 11) is 0. The number of ketones is 2. The van der Waals surface area contributed by atoms with E-state index in [0.29, 0.717) is 0 Å². The molecule has 0 amide bonds. The third-order valence-electron chi connectivity index (χ3n) is 3.43. The number of nitrogens with one attached hydrogen (secondary N) is 1. The summed E-state index contributed by atoms with van der Waals surface area (Å²) in [4.78, 5) is 63.7. The van der Waals surface area contributed by atoms with Gasteiger partial charge in [-0.1, -0.05) is 0 Å². The number of carbonyl (C=O) groups is 5. The molecule has 0 atom stereocenters. The Bertz CT molecular complexity index is 1010. The molecule has 124 valence electrons. The van der Waals surface area contributed by atoms with Crippen LogP contribution in [0.4, 0.5) is 0 Å². The number of carboxylic acids is 3. The zero-order valence-electron chi connectivity index (χ0n) is 15.5. The first-order valence-corrected chi connectivity index (χ1v) is 6.29. The van der Waals surface area contributed by atoms with Crippen molar-refractivity contribution in [2.24, 2.45) is 0 Å². The molecule has 0 bridgehead atoms. The number of aromatic nitrogens is 2. The molecule has 1 aliphatic rings. The molecule has 26 heavy (non-hydrogen) atoms. The Kier molecular flexibility index (Phi) is 7.81. The smallest absolute Gasteiger partial charge is 1.00 e. The number of fused-ring (bicyclic) bond motifs is 3. The van der Waals surface area contributed by atoms with Crippen molar-refractivity contribution in [1.82, 2.24) is 9.97 Å². The maximum absolute atomic E-state index is 12.1.